The molecule has 124 valence electrons. The number of nitrogens with one attached hydrogen (secondary N) is 2. The summed E-state index contributed by atoms with van der Waals surface area (Å²) in [6.07, 6.45) is 0.304. The van der Waals surface area contributed by atoms with Gasteiger partial charge in [-0.05, 0) is 24.6 Å². The average molecular weight is 372 g/mol. The average Bonchev–Trinajstić information content (AvgIpc) is 2.43. The van der Waals surface area contributed by atoms with Crippen LogP contribution in [-0.2, 0) is 9.53 Å². The molecular weight excluding hydrogens is 354 g/mol. The van der Waals surface area contributed by atoms with Crippen molar-refractivity contribution in [3.8, 4) is 0 Å². The van der Waals surface area contributed by atoms with E-state index in [4.69, 9.17) is 27.9 Å². The molecule has 1 amide bonds. The molecule has 0 radical (unpaired) electrons. The summed E-state index contributed by atoms with van der Waals surface area (Å²) < 4.78 is 18.8. The number of hydrogen-bond acceptors (Lipinski definition) is 3. The summed E-state index contributed by atoms with van der Waals surface area (Å²) in [6, 6.07) is 2.19. The molecule has 2 atom stereocenters. The van der Waals surface area contributed by atoms with Crippen LogP contribution in [0.5, 0.6) is 0 Å². The molecule has 0 aliphatic carbocycles. The fourth-order valence-electron chi connectivity index (χ4n) is 2.22. The molecule has 0 aromatic heterocycles. The highest BCUT2D eigenvalue weighted by Crippen LogP contribution is 2.28. The standard InChI is InChI=1S/C14H17Cl2FN2O2.ClH/c1-8(10-5-13(17)12(16)6-11(10)15)19-14(20)4-9-7-21-3-2-18-9;/h5-6,8-9,18H,2-4,7H2,1H3,(H,19,20);1H. The van der Waals surface area contributed by atoms with Crippen molar-refractivity contribution in [2.45, 2.75) is 25.4 Å². The molecule has 1 saturated heterocycles. The topological polar surface area (TPSA) is 50.4 Å². The summed E-state index contributed by atoms with van der Waals surface area (Å²) in [4.78, 5) is 12.0. The van der Waals surface area contributed by atoms with Gasteiger partial charge in [0.15, 0.2) is 0 Å². The Morgan fingerprint density at radius 2 is 2.23 bits per heavy atom. The third-order valence-corrected chi connectivity index (χ3v) is 3.93. The summed E-state index contributed by atoms with van der Waals surface area (Å²) in [6.45, 7) is 3.66. The first-order valence-electron chi connectivity index (χ1n) is 6.72. The van der Waals surface area contributed by atoms with Crippen LogP contribution in [0, 0.1) is 5.82 Å². The van der Waals surface area contributed by atoms with E-state index in [-0.39, 0.29) is 29.4 Å². The first kappa shape index (κ1) is 19.5. The van der Waals surface area contributed by atoms with Crippen molar-refractivity contribution >= 4 is 41.5 Å². The van der Waals surface area contributed by atoms with E-state index in [2.05, 4.69) is 10.6 Å². The second-order valence-electron chi connectivity index (χ2n) is 5.01. The highest BCUT2D eigenvalue weighted by atomic mass is 35.5. The molecule has 22 heavy (non-hydrogen) atoms. The molecule has 2 unspecified atom stereocenters. The fourth-order valence-corrected chi connectivity index (χ4v) is 2.77. The Kier molecular flexibility index (Phi) is 7.86. The number of rotatable bonds is 4. The minimum Gasteiger partial charge on any atom is -0.378 e. The van der Waals surface area contributed by atoms with Crippen LogP contribution in [0.15, 0.2) is 12.1 Å². The highest BCUT2D eigenvalue weighted by Gasteiger charge is 2.20. The lowest BCUT2D eigenvalue weighted by Gasteiger charge is -2.24. The van der Waals surface area contributed by atoms with E-state index in [1.54, 1.807) is 6.92 Å². The molecule has 1 aromatic rings. The Hall–Kier alpha value is -0.590. The van der Waals surface area contributed by atoms with E-state index < -0.39 is 11.9 Å². The van der Waals surface area contributed by atoms with Gasteiger partial charge < -0.3 is 15.4 Å². The van der Waals surface area contributed by atoms with Gasteiger partial charge in [-0.25, -0.2) is 4.39 Å². The molecule has 0 saturated carbocycles. The number of morpholine rings is 1. The summed E-state index contributed by atoms with van der Waals surface area (Å²) in [5.41, 5.74) is 0.500. The normalized spacial score (nSPS) is 19.2. The van der Waals surface area contributed by atoms with Gasteiger partial charge >= 0.3 is 0 Å². The Bertz CT molecular complexity index is 525. The molecule has 1 fully saturated rings. The zero-order chi connectivity index (χ0) is 15.4. The van der Waals surface area contributed by atoms with E-state index in [0.29, 0.717) is 30.2 Å². The number of carbonyl (C=O) groups excluding carboxylic acids is 1. The minimum absolute atomic E-state index is 0. The van der Waals surface area contributed by atoms with Crippen LogP contribution in [0.25, 0.3) is 0 Å². The second-order valence-corrected chi connectivity index (χ2v) is 5.82. The Morgan fingerprint density at radius 1 is 1.50 bits per heavy atom. The summed E-state index contributed by atoms with van der Waals surface area (Å²) >= 11 is 11.7. The molecule has 2 N–H and O–H groups in total. The number of halogens is 4. The van der Waals surface area contributed by atoms with Gasteiger partial charge in [-0.3, -0.25) is 4.79 Å². The van der Waals surface area contributed by atoms with E-state index in [1.807, 2.05) is 0 Å². The minimum atomic E-state index is -0.556. The monoisotopic (exact) mass is 370 g/mol. The van der Waals surface area contributed by atoms with Gasteiger partial charge in [0.25, 0.3) is 0 Å². The molecule has 1 aromatic carbocycles. The van der Waals surface area contributed by atoms with Crippen molar-refractivity contribution in [3.63, 3.8) is 0 Å². The number of hydrogen-bond donors (Lipinski definition) is 2. The van der Waals surface area contributed by atoms with Crippen molar-refractivity contribution in [2.24, 2.45) is 0 Å². The Balaban J connectivity index is 0.00000242. The van der Waals surface area contributed by atoms with E-state index in [0.717, 1.165) is 6.54 Å². The van der Waals surface area contributed by atoms with Crippen LogP contribution < -0.4 is 10.6 Å². The van der Waals surface area contributed by atoms with Crippen molar-refractivity contribution in [3.05, 3.63) is 33.6 Å². The lowest BCUT2D eigenvalue weighted by molar-refractivity contribution is -0.122. The molecule has 1 aliphatic heterocycles. The third kappa shape index (κ3) is 5.25. The maximum atomic E-state index is 13.5. The van der Waals surface area contributed by atoms with Crippen LogP contribution in [0.3, 0.4) is 0 Å². The molecular formula is C14H18Cl3FN2O2. The maximum absolute atomic E-state index is 13.5. The maximum Gasteiger partial charge on any atom is 0.222 e. The van der Waals surface area contributed by atoms with Crippen molar-refractivity contribution in [2.75, 3.05) is 19.8 Å². The SMILES string of the molecule is CC(NC(=O)CC1COCCN1)c1cc(F)c(Cl)cc1Cl.Cl. The number of benzene rings is 1. The lowest BCUT2D eigenvalue weighted by Crippen LogP contribution is -2.44. The number of amides is 1. The van der Waals surface area contributed by atoms with Crippen molar-refractivity contribution < 1.29 is 13.9 Å². The highest BCUT2D eigenvalue weighted by molar-refractivity contribution is 6.35. The van der Waals surface area contributed by atoms with Gasteiger partial charge in [-0.2, -0.15) is 0 Å². The first-order valence-corrected chi connectivity index (χ1v) is 7.48. The molecule has 1 heterocycles. The Labute approximate surface area is 145 Å². The van der Waals surface area contributed by atoms with Crippen LogP contribution in [0.1, 0.15) is 24.9 Å². The zero-order valence-electron chi connectivity index (χ0n) is 12.0. The molecule has 8 heteroatoms. The number of carbonyl (C=O) groups is 1. The van der Waals surface area contributed by atoms with Gasteiger partial charge in [0.2, 0.25) is 5.91 Å². The van der Waals surface area contributed by atoms with Crippen LogP contribution in [-0.4, -0.2) is 31.7 Å². The fraction of sp³-hybridized carbons (Fsp3) is 0.500. The van der Waals surface area contributed by atoms with Crippen LogP contribution >= 0.6 is 35.6 Å². The Morgan fingerprint density at radius 3 is 2.86 bits per heavy atom. The quantitative estimate of drug-likeness (QED) is 0.800. The first-order chi connectivity index (χ1) is 9.97. The summed E-state index contributed by atoms with van der Waals surface area (Å²) in [5, 5.41) is 6.29. The largest absolute Gasteiger partial charge is 0.378 e. The number of ether oxygens (including phenoxy) is 1. The smallest absolute Gasteiger partial charge is 0.222 e. The van der Waals surface area contributed by atoms with Gasteiger partial charge in [0.1, 0.15) is 5.82 Å². The van der Waals surface area contributed by atoms with E-state index in [9.17, 15) is 9.18 Å². The summed E-state index contributed by atoms with van der Waals surface area (Å²) in [7, 11) is 0. The van der Waals surface area contributed by atoms with E-state index >= 15 is 0 Å². The molecule has 0 bridgehead atoms. The summed E-state index contributed by atoms with van der Waals surface area (Å²) in [5.74, 6) is -0.698. The molecule has 2 rings (SSSR count). The van der Waals surface area contributed by atoms with Crippen LogP contribution in [0.2, 0.25) is 10.0 Å². The zero-order valence-corrected chi connectivity index (χ0v) is 14.3. The van der Waals surface area contributed by atoms with E-state index in [1.165, 1.54) is 12.1 Å². The molecule has 0 spiro atoms. The van der Waals surface area contributed by atoms with Gasteiger partial charge in [0, 0.05) is 24.0 Å². The third-order valence-electron chi connectivity index (χ3n) is 3.31. The van der Waals surface area contributed by atoms with Crippen LogP contribution in [0.4, 0.5) is 4.39 Å². The molecule has 1 aliphatic rings. The predicted octanol–water partition coefficient (Wildman–Crippen LogP) is 3.11. The lowest BCUT2D eigenvalue weighted by atomic mass is 10.1. The van der Waals surface area contributed by atoms with Crippen molar-refractivity contribution in [1.82, 2.24) is 10.6 Å². The van der Waals surface area contributed by atoms with Crippen molar-refractivity contribution in [1.29, 1.82) is 0 Å². The van der Waals surface area contributed by atoms with Gasteiger partial charge in [-0.1, -0.05) is 23.2 Å². The molecule has 4 nitrogen and oxygen atoms in total. The second kappa shape index (κ2) is 8.89. The predicted molar refractivity (Wildman–Crippen MR) is 87.5 cm³/mol. The van der Waals surface area contributed by atoms with Gasteiger partial charge in [-0.15, -0.1) is 12.4 Å². The van der Waals surface area contributed by atoms with Gasteiger partial charge in [0.05, 0.1) is 24.3 Å².